The summed E-state index contributed by atoms with van der Waals surface area (Å²) in [4.78, 5) is 12.4. The van der Waals surface area contributed by atoms with Gasteiger partial charge in [-0.05, 0) is 37.0 Å². The fraction of sp³-hybridized carbons (Fsp3) is 0.708. The molecule has 0 heterocycles. The molecule has 0 bridgehead atoms. The average Bonchev–Trinajstić information content (AvgIpc) is 2.70. The molecule has 0 radical (unpaired) electrons. The van der Waals surface area contributed by atoms with Crippen molar-refractivity contribution in [3.63, 3.8) is 0 Å². The van der Waals surface area contributed by atoms with Gasteiger partial charge in [0.25, 0.3) is 0 Å². The van der Waals surface area contributed by atoms with Crippen molar-refractivity contribution in [2.45, 2.75) is 90.9 Å². The third-order valence-electron chi connectivity index (χ3n) is 5.19. The lowest BCUT2D eigenvalue weighted by atomic mass is 9.95. The average molecular weight is 377 g/mol. The molecule has 27 heavy (non-hydrogen) atoms. The molecule has 1 rings (SSSR count). The summed E-state index contributed by atoms with van der Waals surface area (Å²) in [6, 6.07) is 7.20. The van der Waals surface area contributed by atoms with Gasteiger partial charge in [0.15, 0.2) is 0 Å². The number of hydrogen-bond donors (Lipinski definition) is 0. The largest absolute Gasteiger partial charge is 0.497 e. The van der Waals surface area contributed by atoms with Gasteiger partial charge in [-0.1, -0.05) is 84.1 Å². The SMILES string of the molecule is CCCCCCCCC(CCCCCC)COC(=O)c1cccc(OC)c1. The normalized spacial score (nSPS) is 12.0. The number of unbranched alkanes of at least 4 members (excludes halogenated alkanes) is 8. The van der Waals surface area contributed by atoms with Crippen molar-refractivity contribution >= 4 is 5.97 Å². The number of hydrogen-bond acceptors (Lipinski definition) is 3. The van der Waals surface area contributed by atoms with Crippen LogP contribution < -0.4 is 4.74 Å². The van der Waals surface area contributed by atoms with E-state index in [4.69, 9.17) is 9.47 Å². The van der Waals surface area contributed by atoms with Crippen LogP contribution in [0.4, 0.5) is 0 Å². The van der Waals surface area contributed by atoms with Gasteiger partial charge in [0.2, 0.25) is 0 Å². The van der Waals surface area contributed by atoms with Gasteiger partial charge in [0.1, 0.15) is 5.75 Å². The molecule has 1 aromatic rings. The number of benzene rings is 1. The Hall–Kier alpha value is -1.51. The summed E-state index contributed by atoms with van der Waals surface area (Å²) < 4.78 is 10.8. The summed E-state index contributed by atoms with van der Waals surface area (Å²) in [5, 5.41) is 0. The summed E-state index contributed by atoms with van der Waals surface area (Å²) >= 11 is 0. The van der Waals surface area contributed by atoms with E-state index in [0.717, 1.165) is 0 Å². The topological polar surface area (TPSA) is 35.5 Å². The van der Waals surface area contributed by atoms with E-state index >= 15 is 0 Å². The molecular formula is C24H40O3. The van der Waals surface area contributed by atoms with E-state index in [1.165, 1.54) is 77.0 Å². The number of methoxy groups -OCH3 is 1. The van der Waals surface area contributed by atoms with Crippen LogP contribution in [0.2, 0.25) is 0 Å². The lowest BCUT2D eigenvalue weighted by molar-refractivity contribution is 0.0421. The van der Waals surface area contributed by atoms with Gasteiger partial charge in [0.05, 0.1) is 19.3 Å². The maximum Gasteiger partial charge on any atom is 0.338 e. The second-order valence-electron chi connectivity index (χ2n) is 7.60. The molecule has 1 aromatic carbocycles. The van der Waals surface area contributed by atoms with E-state index in [1.807, 2.05) is 12.1 Å². The van der Waals surface area contributed by atoms with Crippen LogP contribution in [-0.2, 0) is 4.74 Å². The van der Waals surface area contributed by atoms with Crippen molar-refractivity contribution in [2.75, 3.05) is 13.7 Å². The minimum absolute atomic E-state index is 0.240. The maximum atomic E-state index is 12.4. The highest BCUT2D eigenvalue weighted by molar-refractivity contribution is 5.89. The van der Waals surface area contributed by atoms with Gasteiger partial charge in [-0.2, -0.15) is 0 Å². The van der Waals surface area contributed by atoms with Crippen molar-refractivity contribution in [1.29, 1.82) is 0 Å². The summed E-state index contributed by atoms with van der Waals surface area (Å²) in [5.74, 6) is 0.936. The molecule has 0 aliphatic heterocycles. The van der Waals surface area contributed by atoms with Crippen LogP contribution in [0.25, 0.3) is 0 Å². The van der Waals surface area contributed by atoms with Crippen molar-refractivity contribution < 1.29 is 14.3 Å². The molecule has 0 saturated carbocycles. The summed E-state index contributed by atoms with van der Waals surface area (Å²) in [7, 11) is 1.61. The molecule has 1 atom stereocenters. The second kappa shape index (κ2) is 15.5. The zero-order valence-corrected chi connectivity index (χ0v) is 17.8. The first-order valence-electron chi connectivity index (χ1n) is 11.0. The molecule has 0 N–H and O–H groups in total. The smallest absolute Gasteiger partial charge is 0.338 e. The van der Waals surface area contributed by atoms with Crippen LogP contribution in [0, 0.1) is 5.92 Å². The van der Waals surface area contributed by atoms with E-state index in [-0.39, 0.29) is 5.97 Å². The highest BCUT2D eigenvalue weighted by Crippen LogP contribution is 2.20. The standard InChI is InChI=1S/C24H40O3/c1-4-6-8-10-11-13-16-21(15-12-9-7-5-2)20-27-24(25)22-17-14-18-23(19-22)26-3/h14,17-19,21H,4-13,15-16,20H2,1-3H3. The van der Waals surface area contributed by atoms with Gasteiger partial charge < -0.3 is 9.47 Å². The molecule has 0 aromatic heterocycles. The molecular weight excluding hydrogens is 336 g/mol. The third kappa shape index (κ3) is 11.0. The zero-order valence-electron chi connectivity index (χ0n) is 17.8. The minimum atomic E-state index is -0.240. The number of rotatable bonds is 16. The monoisotopic (exact) mass is 376 g/mol. The van der Waals surface area contributed by atoms with Crippen molar-refractivity contribution in [3.05, 3.63) is 29.8 Å². The summed E-state index contributed by atoms with van der Waals surface area (Å²) in [5.41, 5.74) is 0.568. The fourth-order valence-electron chi connectivity index (χ4n) is 3.41. The van der Waals surface area contributed by atoms with E-state index in [2.05, 4.69) is 13.8 Å². The van der Waals surface area contributed by atoms with Gasteiger partial charge >= 0.3 is 5.97 Å². The Kier molecular flexibility index (Phi) is 13.5. The Morgan fingerprint density at radius 1 is 0.889 bits per heavy atom. The highest BCUT2D eigenvalue weighted by Gasteiger charge is 2.14. The quantitative estimate of drug-likeness (QED) is 0.226. The molecule has 3 nitrogen and oxygen atoms in total. The molecule has 154 valence electrons. The van der Waals surface area contributed by atoms with Crippen LogP contribution in [0.1, 0.15) is 101 Å². The van der Waals surface area contributed by atoms with Gasteiger partial charge in [-0.15, -0.1) is 0 Å². The Bertz CT molecular complexity index is 498. The van der Waals surface area contributed by atoms with Gasteiger partial charge in [-0.25, -0.2) is 4.79 Å². The fourth-order valence-corrected chi connectivity index (χ4v) is 3.41. The van der Waals surface area contributed by atoms with E-state index in [0.29, 0.717) is 23.8 Å². The second-order valence-corrected chi connectivity index (χ2v) is 7.60. The molecule has 0 amide bonds. The predicted molar refractivity (Wildman–Crippen MR) is 114 cm³/mol. The van der Waals surface area contributed by atoms with E-state index in [1.54, 1.807) is 19.2 Å². The summed E-state index contributed by atoms with van der Waals surface area (Å²) in [6.07, 6.45) is 15.3. The van der Waals surface area contributed by atoms with Crippen LogP contribution >= 0.6 is 0 Å². The minimum Gasteiger partial charge on any atom is -0.497 e. The van der Waals surface area contributed by atoms with Crippen LogP contribution in [0.3, 0.4) is 0 Å². The Morgan fingerprint density at radius 3 is 2.11 bits per heavy atom. The van der Waals surface area contributed by atoms with Crippen LogP contribution in [0.5, 0.6) is 5.75 Å². The molecule has 0 spiro atoms. The first-order chi connectivity index (χ1) is 13.2. The number of ether oxygens (including phenoxy) is 2. The lowest BCUT2D eigenvalue weighted by Gasteiger charge is -2.17. The Labute approximate surface area is 166 Å². The first-order valence-corrected chi connectivity index (χ1v) is 11.0. The molecule has 3 heteroatoms. The summed E-state index contributed by atoms with van der Waals surface area (Å²) in [6.45, 7) is 5.03. The van der Waals surface area contributed by atoms with Crippen LogP contribution in [-0.4, -0.2) is 19.7 Å². The molecule has 1 unspecified atom stereocenters. The number of esters is 1. The Balaban J connectivity index is 2.41. The van der Waals surface area contributed by atoms with Crippen molar-refractivity contribution in [2.24, 2.45) is 5.92 Å². The molecule has 0 aliphatic rings. The zero-order chi connectivity index (χ0) is 19.7. The maximum absolute atomic E-state index is 12.4. The third-order valence-corrected chi connectivity index (χ3v) is 5.19. The molecule has 0 saturated heterocycles. The van der Waals surface area contributed by atoms with E-state index in [9.17, 15) is 4.79 Å². The molecule has 0 aliphatic carbocycles. The van der Waals surface area contributed by atoms with Gasteiger partial charge in [0, 0.05) is 0 Å². The number of carbonyl (C=O) groups is 1. The molecule has 0 fully saturated rings. The lowest BCUT2D eigenvalue weighted by Crippen LogP contribution is -2.15. The van der Waals surface area contributed by atoms with Crippen LogP contribution in [0.15, 0.2) is 24.3 Å². The van der Waals surface area contributed by atoms with Crippen molar-refractivity contribution in [1.82, 2.24) is 0 Å². The van der Waals surface area contributed by atoms with E-state index < -0.39 is 0 Å². The highest BCUT2D eigenvalue weighted by atomic mass is 16.5. The first kappa shape index (κ1) is 23.5. The van der Waals surface area contributed by atoms with Gasteiger partial charge in [-0.3, -0.25) is 0 Å². The number of carbonyl (C=O) groups excluding carboxylic acids is 1. The Morgan fingerprint density at radius 2 is 1.48 bits per heavy atom. The van der Waals surface area contributed by atoms with Crippen molar-refractivity contribution in [3.8, 4) is 5.75 Å². The predicted octanol–water partition coefficient (Wildman–Crippen LogP) is 7.19.